The maximum atomic E-state index is 12.4. The number of rotatable bonds is 5. The number of nitro groups is 1. The lowest BCUT2D eigenvalue weighted by Crippen LogP contribution is -2.03. The molecular weight excluding hydrogens is 394 g/mol. The largest absolute Gasteiger partial charge is 0.478 e. The first-order chi connectivity index (χ1) is 14.9. The highest BCUT2D eigenvalue weighted by Crippen LogP contribution is 2.35. The third-order valence-electron chi connectivity index (χ3n) is 5.23. The molecule has 0 bridgehead atoms. The number of carbonyl (C=O) groups is 1. The number of aromatic nitrogens is 2. The van der Waals surface area contributed by atoms with Crippen LogP contribution in [-0.4, -0.2) is 25.8 Å². The second-order valence-electron chi connectivity index (χ2n) is 7.23. The summed E-state index contributed by atoms with van der Waals surface area (Å²) >= 11 is 0. The molecule has 0 saturated carbocycles. The second-order valence-corrected chi connectivity index (χ2v) is 7.23. The summed E-state index contributed by atoms with van der Waals surface area (Å²) in [5.74, 6) is -1.12. The summed E-state index contributed by atoms with van der Waals surface area (Å²) in [7, 11) is 0. The van der Waals surface area contributed by atoms with Crippen molar-refractivity contribution in [2.75, 3.05) is 0 Å². The Labute approximate surface area is 178 Å². The van der Waals surface area contributed by atoms with E-state index in [1.54, 1.807) is 4.68 Å². The van der Waals surface area contributed by atoms with Crippen LogP contribution in [0.25, 0.3) is 28.2 Å². The zero-order valence-corrected chi connectivity index (χ0v) is 16.9. The minimum atomic E-state index is -1.12. The Morgan fingerprint density at radius 2 is 1.61 bits per heavy atom. The van der Waals surface area contributed by atoms with E-state index >= 15 is 0 Å². The number of nitro benzene ring substituents is 1. The first-order valence-corrected chi connectivity index (χ1v) is 9.61. The van der Waals surface area contributed by atoms with Crippen molar-refractivity contribution in [3.63, 3.8) is 0 Å². The van der Waals surface area contributed by atoms with Gasteiger partial charge < -0.3 is 5.11 Å². The smallest absolute Gasteiger partial charge is 0.340 e. The van der Waals surface area contributed by atoms with Gasteiger partial charge in [-0.15, -0.1) is 0 Å². The maximum absolute atomic E-state index is 12.4. The molecule has 0 saturated heterocycles. The molecule has 7 nitrogen and oxygen atoms in total. The predicted molar refractivity (Wildman–Crippen MR) is 118 cm³/mol. The lowest BCUT2D eigenvalue weighted by Gasteiger charge is -2.10. The number of carboxylic acid groups (broad SMARTS) is 1. The number of benzene rings is 3. The lowest BCUT2D eigenvalue weighted by molar-refractivity contribution is -0.384. The van der Waals surface area contributed by atoms with Gasteiger partial charge in [-0.25, -0.2) is 9.48 Å². The maximum Gasteiger partial charge on any atom is 0.340 e. The van der Waals surface area contributed by atoms with Gasteiger partial charge in [0.05, 0.1) is 16.3 Å². The van der Waals surface area contributed by atoms with Crippen molar-refractivity contribution in [1.82, 2.24) is 9.78 Å². The van der Waals surface area contributed by atoms with Crippen molar-refractivity contribution in [3.8, 4) is 28.2 Å². The third kappa shape index (κ3) is 3.69. The van der Waals surface area contributed by atoms with Gasteiger partial charge in [-0.3, -0.25) is 10.1 Å². The molecule has 154 valence electrons. The average Bonchev–Trinajstić information content (AvgIpc) is 3.17. The number of aryl methyl sites for hydroxylation is 2. The minimum Gasteiger partial charge on any atom is -0.478 e. The van der Waals surface area contributed by atoms with Gasteiger partial charge in [0.15, 0.2) is 0 Å². The van der Waals surface area contributed by atoms with E-state index in [4.69, 9.17) is 0 Å². The molecule has 0 aliphatic rings. The Morgan fingerprint density at radius 1 is 0.935 bits per heavy atom. The van der Waals surface area contributed by atoms with Crippen LogP contribution in [0, 0.1) is 24.0 Å². The summed E-state index contributed by atoms with van der Waals surface area (Å²) in [6, 6.07) is 20.8. The number of nitrogens with zero attached hydrogens (tertiary/aromatic N) is 3. The minimum absolute atomic E-state index is 0.0401. The van der Waals surface area contributed by atoms with Crippen LogP contribution in [0.2, 0.25) is 0 Å². The molecule has 7 heteroatoms. The summed E-state index contributed by atoms with van der Waals surface area (Å²) in [5.41, 5.74) is 4.77. The van der Waals surface area contributed by atoms with Gasteiger partial charge in [-0.2, -0.15) is 5.10 Å². The molecule has 3 aromatic carbocycles. The molecule has 0 aliphatic carbocycles. The van der Waals surface area contributed by atoms with Crippen molar-refractivity contribution < 1.29 is 14.8 Å². The molecule has 4 rings (SSSR count). The van der Waals surface area contributed by atoms with Crippen LogP contribution >= 0.6 is 0 Å². The molecule has 0 spiro atoms. The molecular formula is C24H19N3O4. The van der Waals surface area contributed by atoms with Gasteiger partial charge in [0.1, 0.15) is 11.3 Å². The van der Waals surface area contributed by atoms with Gasteiger partial charge in [0.2, 0.25) is 0 Å². The lowest BCUT2D eigenvalue weighted by atomic mass is 10.0. The highest BCUT2D eigenvalue weighted by atomic mass is 16.6. The first kappa shape index (κ1) is 20.0. The molecule has 0 atom stereocenters. The van der Waals surface area contributed by atoms with Gasteiger partial charge in [0, 0.05) is 23.3 Å². The summed E-state index contributed by atoms with van der Waals surface area (Å²) in [4.78, 5) is 22.9. The van der Waals surface area contributed by atoms with E-state index < -0.39 is 10.9 Å². The van der Waals surface area contributed by atoms with Crippen LogP contribution in [0.15, 0.2) is 72.8 Å². The molecule has 0 fully saturated rings. The Kier molecular flexibility index (Phi) is 5.09. The van der Waals surface area contributed by atoms with Gasteiger partial charge in [0.25, 0.3) is 5.69 Å². The van der Waals surface area contributed by atoms with E-state index in [0.29, 0.717) is 16.8 Å². The van der Waals surface area contributed by atoms with Crippen molar-refractivity contribution in [1.29, 1.82) is 0 Å². The van der Waals surface area contributed by atoms with Crippen molar-refractivity contribution in [2.24, 2.45) is 0 Å². The monoisotopic (exact) mass is 413 g/mol. The molecule has 0 unspecified atom stereocenters. The first-order valence-electron chi connectivity index (χ1n) is 9.61. The van der Waals surface area contributed by atoms with Crippen LogP contribution < -0.4 is 0 Å². The van der Waals surface area contributed by atoms with Crippen molar-refractivity contribution >= 4 is 11.7 Å². The predicted octanol–water partition coefficient (Wildman–Crippen LogP) is 5.43. The molecule has 0 radical (unpaired) electrons. The Hall–Kier alpha value is -4.26. The molecule has 1 aromatic heterocycles. The molecule has 4 aromatic rings. The highest BCUT2D eigenvalue weighted by molar-refractivity contribution is 6.02. The fourth-order valence-corrected chi connectivity index (χ4v) is 3.47. The number of hydrogen-bond acceptors (Lipinski definition) is 4. The SMILES string of the molecule is Cc1ccc(-n2nc(-c3ccc([N+](=O)[O-])cc3)c(C(=O)O)c2-c2ccccc2)cc1C. The molecule has 0 amide bonds. The quantitative estimate of drug-likeness (QED) is 0.347. The van der Waals surface area contributed by atoms with Crippen LogP contribution in [0.1, 0.15) is 21.5 Å². The van der Waals surface area contributed by atoms with Gasteiger partial charge in [-0.1, -0.05) is 36.4 Å². The van der Waals surface area contributed by atoms with Crippen LogP contribution in [0.5, 0.6) is 0 Å². The number of aromatic carboxylic acids is 1. The van der Waals surface area contributed by atoms with Gasteiger partial charge >= 0.3 is 5.97 Å². The average molecular weight is 413 g/mol. The van der Waals surface area contributed by atoms with Gasteiger partial charge in [-0.05, 0) is 49.2 Å². The second kappa shape index (κ2) is 7.87. The zero-order chi connectivity index (χ0) is 22.1. The third-order valence-corrected chi connectivity index (χ3v) is 5.23. The summed E-state index contributed by atoms with van der Waals surface area (Å²) in [6.07, 6.45) is 0. The Morgan fingerprint density at radius 3 is 2.19 bits per heavy atom. The summed E-state index contributed by atoms with van der Waals surface area (Å²) < 4.78 is 1.63. The molecule has 1 heterocycles. The fourth-order valence-electron chi connectivity index (χ4n) is 3.47. The van der Waals surface area contributed by atoms with E-state index in [0.717, 1.165) is 16.8 Å². The van der Waals surface area contributed by atoms with E-state index in [1.165, 1.54) is 24.3 Å². The van der Waals surface area contributed by atoms with Crippen LogP contribution in [0.4, 0.5) is 5.69 Å². The molecule has 0 aliphatic heterocycles. The van der Waals surface area contributed by atoms with E-state index in [1.807, 2.05) is 62.4 Å². The highest BCUT2D eigenvalue weighted by Gasteiger charge is 2.26. The zero-order valence-electron chi connectivity index (χ0n) is 16.9. The Balaban J connectivity index is 2.02. The standard InChI is InChI=1S/C24H19N3O4/c1-15-8-11-20(14-16(15)2)26-23(18-6-4-3-5-7-18)21(24(28)29)22(25-26)17-9-12-19(13-10-17)27(30)31/h3-14H,1-2H3,(H,28,29). The topological polar surface area (TPSA) is 98.3 Å². The van der Waals surface area contributed by atoms with Crippen LogP contribution in [-0.2, 0) is 0 Å². The summed E-state index contributed by atoms with van der Waals surface area (Å²) in [5, 5.41) is 25.8. The van der Waals surface area contributed by atoms with E-state index in [2.05, 4.69) is 5.10 Å². The number of carboxylic acids is 1. The normalized spacial score (nSPS) is 10.8. The number of hydrogen-bond donors (Lipinski definition) is 1. The Bertz CT molecular complexity index is 1290. The van der Waals surface area contributed by atoms with E-state index in [9.17, 15) is 20.0 Å². The number of non-ortho nitro benzene ring substituents is 1. The van der Waals surface area contributed by atoms with Crippen LogP contribution in [0.3, 0.4) is 0 Å². The molecule has 1 N–H and O–H groups in total. The fraction of sp³-hybridized carbons (Fsp3) is 0.0833. The van der Waals surface area contributed by atoms with Crippen molar-refractivity contribution in [2.45, 2.75) is 13.8 Å². The molecule has 31 heavy (non-hydrogen) atoms. The van der Waals surface area contributed by atoms with Crippen molar-refractivity contribution in [3.05, 3.63) is 99.6 Å². The summed E-state index contributed by atoms with van der Waals surface area (Å²) in [6.45, 7) is 3.99. The van der Waals surface area contributed by atoms with E-state index in [-0.39, 0.29) is 16.9 Å².